The maximum absolute atomic E-state index is 4.42. The second-order valence-electron chi connectivity index (χ2n) is 5.54. The summed E-state index contributed by atoms with van der Waals surface area (Å²) in [5, 5.41) is 8.84. The van der Waals surface area contributed by atoms with Crippen molar-refractivity contribution in [3.63, 3.8) is 0 Å². The number of aromatic nitrogens is 2. The number of rotatable bonds is 7. The maximum atomic E-state index is 4.42. The van der Waals surface area contributed by atoms with E-state index in [0.717, 1.165) is 44.0 Å². The highest BCUT2D eigenvalue weighted by Gasteiger charge is 2.02. The Bertz CT molecular complexity index is 776. The fourth-order valence-corrected chi connectivity index (χ4v) is 3.33. The van der Waals surface area contributed by atoms with Gasteiger partial charge >= 0.3 is 0 Å². The Kier molecular flexibility index (Phi) is 5.85. The minimum atomic E-state index is 0.863. The number of aliphatic imine (C=N–C) groups is 1. The van der Waals surface area contributed by atoms with Gasteiger partial charge in [0, 0.05) is 31.6 Å². The van der Waals surface area contributed by atoms with Gasteiger partial charge in [-0.25, -0.2) is 4.98 Å². The first-order valence-corrected chi connectivity index (χ1v) is 9.11. The van der Waals surface area contributed by atoms with E-state index >= 15 is 0 Å². The highest BCUT2D eigenvalue weighted by molar-refractivity contribution is 7.09. The Morgan fingerprint density at radius 3 is 2.88 bits per heavy atom. The lowest BCUT2D eigenvalue weighted by Gasteiger charge is -2.11. The lowest BCUT2D eigenvalue weighted by Crippen LogP contribution is -2.38. The molecule has 126 valence electrons. The first kappa shape index (κ1) is 16.5. The van der Waals surface area contributed by atoms with Crippen LogP contribution in [0.15, 0.2) is 53.1 Å². The first-order valence-electron chi connectivity index (χ1n) is 8.23. The molecular weight excluding hydrogens is 318 g/mol. The molecule has 0 aliphatic heterocycles. The van der Waals surface area contributed by atoms with Crippen molar-refractivity contribution in [3.05, 3.63) is 53.0 Å². The monoisotopic (exact) mass is 341 g/mol. The molecule has 0 saturated heterocycles. The van der Waals surface area contributed by atoms with E-state index in [1.807, 2.05) is 25.5 Å². The van der Waals surface area contributed by atoms with Crippen LogP contribution in [0.4, 0.5) is 0 Å². The van der Waals surface area contributed by atoms with E-state index in [4.69, 9.17) is 0 Å². The number of guanidine groups is 1. The number of nitrogens with one attached hydrogen (secondary N) is 2. The molecular formula is C18H23N5S. The highest BCUT2D eigenvalue weighted by atomic mass is 32.1. The average Bonchev–Trinajstić information content (AvgIpc) is 3.27. The summed E-state index contributed by atoms with van der Waals surface area (Å²) in [6.07, 6.45) is 3.96. The van der Waals surface area contributed by atoms with Gasteiger partial charge in [0.2, 0.25) is 0 Å². The van der Waals surface area contributed by atoms with Gasteiger partial charge in [0.15, 0.2) is 5.96 Å². The van der Waals surface area contributed by atoms with Crippen LogP contribution in [0.25, 0.3) is 11.0 Å². The van der Waals surface area contributed by atoms with Crippen LogP contribution in [-0.2, 0) is 13.0 Å². The van der Waals surface area contributed by atoms with Gasteiger partial charge in [0.25, 0.3) is 0 Å². The zero-order chi connectivity index (χ0) is 16.6. The van der Waals surface area contributed by atoms with Crippen molar-refractivity contribution in [3.8, 4) is 0 Å². The molecule has 2 N–H and O–H groups in total. The van der Waals surface area contributed by atoms with Gasteiger partial charge in [-0.05, 0) is 36.4 Å². The third-order valence-electron chi connectivity index (χ3n) is 3.86. The number of para-hydroxylation sites is 2. The highest BCUT2D eigenvalue weighted by Crippen LogP contribution is 2.11. The Labute approximate surface area is 146 Å². The van der Waals surface area contributed by atoms with Crippen molar-refractivity contribution in [2.45, 2.75) is 19.4 Å². The third-order valence-corrected chi connectivity index (χ3v) is 4.80. The fourth-order valence-electron chi connectivity index (χ4n) is 2.62. The van der Waals surface area contributed by atoms with Crippen LogP contribution in [0.2, 0.25) is 0 Å². The van der Waals surface area contributed by atoms with E-state index < -0.39 is 0 Å². The number of nitrogens with zero attached hydrogens (tertiary/aromatic N) is 3. The third kappa shape index (κ3) is 4.35. The molecule has 2 heterocycles. The van der Waals surface area contributed by atoms with Gasteiger partial charge in [-0.1, -0.05) is 18.2 Å². The number of imidazole rings is 1. The molecule has 24 heavy (non-hydrogen) atoms. The van der Waals surface area contributed by atoms with Crippen LogP contribution in [-0.4, -0.2) is 35.6 Å². The first-order chi connectivity index (χ1) is 11.9. The van der Waals surface area contributed by atoms with Gasteiger partial charge < -0.3 is 15.2 Å². The Balaban J connectivity index is 1.38. The largest absolute Gasteiger partial charge is 0.356 e. The number of hydrogen-bond donors (Lipinski definition) is 2. The Morgan fingerprint density at radius 1 is 1.17 bits per heavy atom. The summed E-state index contributed by atoms with van der Waals surface area (Å²) in [7, 11) is 1.81. The van der Waals surface area contributed by atoms with E-state index in [9.17, 15) is 0 Å². The molecule has 0 unspecified atom stereocenters. The molecule has 0 amide bonds. The number of fused-ring (bicyclic) bond motifs is 1. The van der Waals surface area contributed by atoms with E-state index in [2.05, 4.69) is 54.8 Å². The lowest BCUT2D eigenvalue weighted by atomic mass is 10.3. The van der Waals surface area contributed by atoms with Crippen LogP contribution in [0.5, 0.6) is 0 Å². The van der Waals surface area contributed by atoms with Crippen LogP contribution >= 0.6 is 11.3 Å². The van der Waals surface area contributed by atoms with E-state index in [1.54, 1.807) is 11.3 Å². The van der Waals surface area contributed by atoms with Gasteiger partial charge in [-0.3, -0.25) is 4.99 Å². The smallest absolute Gasteiger partial charge is 0.190 e. The topological polar surface area (TPSA) is 54.2 Å². The Morgan fingerprint density at radius 2 is 2.04 bits per heavy atom. The molecule has 5 nitrogen and oxygen atoms in total. The molecule has 3 rings (SSSR count). The SMILES string of the molecule is CN=C(NCCCn1cnc2ccccc21)NCCc1cccs1. The standard InChI is InChI=1S/C18H23N5S/c1-19-18(21-11-9-15-6-4-13-24-15)20-10-5-12-23-14-22-16-7-2-3-8-17(16)23/h2-4,6-8,13-14H,5,9-12H2,1H3,(H2,19,20,21). The van der Waals surface area contributed by atoms with Crippen LogP contribution < -0.4 is 10.6 Å². The van der Waals surface area contributed by atoms with Gasteiger partial charge in [0.05, 0.1) is 17.4 Å². The molecule has 0 fully saturated rings. The average molecular weight is 341 g/mol. The van der Waals surface area contributed by atoms with Crippen molar-refractivity contribution in [1.29, 1.82) is 0 Å². The van der Waals surface area contributed by atoms with Crippen molar-refractivity contribution in [2.24, 2.45) is 4.99 Å². The van der Waals surface area contributed by atoms with Crippen LogP contribution in [0.3, 0.4) is 0 Å². The molecule has 1 aromatic carbocycles. The molecule has 0 aliphatic rings. The molecule has 0 radical (unpaired) electrons. The predicted molar refractivity (Wildman–Crippen MR) is 102 cm³/mol. The lowest BCUT2D eigenvalue weighted by molar-refractivity contribution is 0.637. The molecule has 6 heteroatoms. The summed E-state index contributed by atoms with van der Waals surface area (Å²) >= 11 is 1.79. The fraction of sp³-hybridized carbons (Fsp3) is 0.333. The molecule has 0 bridgehead atoms. The van der Waals surface area contributed by atoms with Crippen molar-refractivity contribution < 1.29 is 0 Å². The maximum Gasteiger partial charge on any atom is 0.190 e. The molecule has 3 aromatic rings. The minimum absolute atomic E-state index is 0.863. The molecule has 0 atom stereocenters. The number of benzene rings is 1. The van der Waals surface area contributed by atoms with Gasteiger partial charge in [-0.15, -0.1) is 11.3 Å². The van der Waals surface area contributed by atoms with Crippen LogP contribution in [0, 0.1) is 0 Å². The van der Waals surface area contributed by atoms with Crippen LogP contribution in [0.1, 0.15) is 11.3 Å². The zero-order valence-electron chi connectivity index (χ0n) is 13.9. The van der Waals surface area contributed by atoms with Crippen molar-refractivity contribution in [2.75, 3.05) is 20.1 Å². The van der Waals surface area contributed by atoms with Crippen molar-refractivity contribution >= 4 is 28.3 Å². The quantitative estimate of drug-likeness (QED) is 0.395. The summed E-state index contributed by atoms with van der Waals surface area (Å²) in [5.74, 6) is 0.863. The summed E-state index contributed by atoms with van der Waals surface area (Å²) in [4.78, 5) is 10.1. The summed E-state index contributed by atoms with van der Waals surface area (Å²) < 4.78 is 2.20. The summed E-state index contributed by atoms with van der Waals surface area (Å²) in [6, 6.07) is 12.5. The second-order valence-corrected chi connectivity index (χ2v) is 6.57. The van der Waals surface area contributed by atoms with E-state index in [1.165, 1.54) is 10.4 Å². The second kappa shape index (κ2) is 8.49. The van der Waals surface area contributed by atoms with E-state index in [0.29, 0.717) is 0 Å². The molecule has 0 aliphatic carbocycles. The molecule has 2 aromatic heterocycles. The Hall–Kier alpha value is -2.34. The summed E-state index contributed by atoms with van der Waals surface area (Å²) in [6.45, 7) is 2.72. The number of aryl methyl sites for hydroxylation is 1. The normalized spacial score (nSPS) is 11.8. The minimum Gasteiger partial charge on any atom is -0.356 e. The predicted octanol–water partition coefficient (Wildman–Crippen LogP) is 2.90. The number of thiophene rings is 1. The molecule has 0 spiro atoms. The number of hydrogen-bond acceptors (Lipinski definition) is 3. The summed E-state index contributed by atoms with van der Waals surface area (Å²) in [5.41, 5.74) is 2.24. The van der Waals surface area contributed by atoms with Gasteiger partial charge in [0.1, 0.15) is 0 Å². The van der Waals surface area contributed by atoms with E-state index in [-0.39, 0.29) is 0 Å². The zero-order valence-corrected chi connectivity index (χ0v) is 14.7. The van der Waals surface area contributed by atoms with Gasteiger partial charge in [-0.2, -0.15) is 0 Å². The van der Waals surface area contributed by atoms with Crippen molar-refractivity contribution in [1.82, 2.24) is 20.2 Å². The molecule has 0 saturated carbocycles.